The maximum absolute atomic E-state index is 5.46. The highest BCUT2D eigenvalue weighted by Crippen LogP contribution is 2.48. The highest BCUT2D eigenvalue weighted by atomic mass is 32.1. The van der Waals surface area contributed by atoms with Gasteiger partial charge in [-0.2, -0.15) is 0 Å². The molecule has 0 radical (unpaired) electrons. The van der Waals surface area contributed by atoms with Crippen LogP contribution in [0.15, 0.2) is 187 Å². The number of hydrogen-bond acceptors (Lipinski definition) is 4. The Morgan fingerprint density at radius 3 is 2.41 bits per heavy atom. The number of nitrogens with zero attached hydrogens (tertiary/aromatic N) is 4. The minimum atomic E-state index is -0.0986. The Bertz CT molecular complexity index is 3190. The van der Waals surface area contributed by atoms with Gasteiger partial charge in [0.25, 0.3) is 0 Å². The van der Waals surface area contributed by atoms with E-state index in [-0.39, 0.29) is 23.7 Å². The van der Waals surface area contributed by atoms with Crippen LogP contribution in [0, 0.1) is 5.92 Å². The predicted octanol–water partition coefficient (Wildman–Crippen LogP) is 14.8. The van der Waals surface area contributed by atoms with Gasteiger partial charge in [-0.1, -0.05) is 134 Å². The van der Waals surface area contributed by atoms with E-state index in [9.17, 15) is 0 Å². The smallest absolute Gasteiger partial charge is 0.163 e. The summed E-state index contributed by atoms with van der Waals surface area (Å²) in [6.07, 6.45) is 40.2. The van der Waals surface area contributed by atoms with Crippen LogP contribution >= 0.6 is 11.3 Å². The number of fused-ring (bicyclic) bond motifs is 7. The van der Waals surface area contributed by atoms with Gasteiger partial charge in [0, 0.05) is 65.9 Å². The number of thiophene rings is 1. The first-order chi connectivity index (χ1) is 30.2. The van der Waals surface area contributed by atoms with Crippen molar-refractivity contribution in [3.05, 3.63) is 204 Å². The van der Waals surface area contributed by atoms with Crippen molar-refractivity contribution in [1.82, 2.24) is 19.5 Å². The SMILES string of the molecule is C1=CCCC(n2c3ccccc3c3c4c(ccc32)sc2ccc(C3C=CC(C5C=CC=C5C5=CCCC=C5)=CC3c3nc(-c5ccccc5)nc(C5C=CCCC5)n3)cc24)=C1. The Labute approximate surface area is 360 Å². The molecule has 0 saturated heterocycles. The zero-order valence-corrected chi connectivity index (χ0v) is 34.9. The van der Waals surface area contributed by atoms with E-state index in [1.54, 1.807) is 0 Å². The monoisotopic (exact) mass is 806 g/mol. The molecule has 3 heterocycles. The molecule has 0 fully saturated rings. The Balaban J connectivity index is 1.04. The summed E-state index contributed by atoms with van der Waals surface area (Å²) in [6, 6.07) is 31.4. The third kappa shape index (κ3) is 6.37. The maximum Gasteiger partial charge on any atom is 0.163 e. The van der Waals surface area contributed by atoms with E-state index in [0.717, 1.165) is 68.0 Å². The van der Waals surface area contributed by atoms with Crippen LogP contribution < -0.4 is 0 Å². The second-order valence-corrected chi connectivity index (χ2v) is 18.2. The van der Waals surface area contributed by atoms with E-state index in [1.165, 1.54) is 70.0 Å². The summed E-state index contributed by atoms with van der Waals surface area (Å²) in [5, 5.41) is 5.33. The van der Waals surface area contributed by atoms with Gasteiger partial charge in [0.05, 0.1) is 11.0 Å². The molecule has 4 atom stereocenters. The minimum Gasteiger partial charge on any atom is -0.313 e. The van der Waals surface area contributed by atoms with Crippen LogP contribution in [-0.4, -0.2) is 19.5 Å². The fourth-order valence-corrected chi connectivity index (χ4v) is 11.5. The lowest BCUT2D eigenvalue weighted by Gasteiger charge is -2.29. The molecule has 5 aliphatic rings. The van der Waals surface area contributed by atoms with Crippen LogP contribution in [0.3, 0.4) is 0 Å². The quantitative estimate of drug-likeness (QED) is 0.151. The number of aromatic nitrogens is 4. The van der Waals surface area contributed by atoms with Crippen molar-refractivity contribution in [2.24, 2.45) is 5.92 Å². The molecular weight excluding hydrogens is 761 g/mol. The van der Waals surface area contributed by atoms with Crippen molar-refractivity contribution in [3.63, 3.8) is 0 Å². The second-order valence-electron chi connectivity index (χ2n) is 17.1. The van der Waals surface area contributed by atoms with Gasteiger partial charge >= 0.3 is 0 Å². The molecule has 5 heteroatoms. The third-order valence-electron chi connectivity index (χ3n) is 13.4. The lowest BCUT2D eigenvalue weighted by atomic mass is 9.76. The topological polar surface area (TPSA) is 43.6 Å². The molecule has 0 amide bonds. The van der Waals surface area contributed by atoms with Crippen LogP contribution in [0.25, 0.3) is 59.1 Å². The average molecular weight is 807 g/mol. The fraction of sp³-hybridized carbons (Fsp3) is 0.196. The normalized spacial score (nSPS) is 22.4. The van der Waals surface area contributed by atoms with Gasteiger partial charge in [-0.05, 0) is 104 Å². The zero-order valence-electron chi connectivity index (χ0n) is 34.1. The van der Waals surface area contributed by atoms with Gasteiger partial charge in [0.15, 0.2) is 5.82 Å². The lowest BCUT2D eigenvalue weighted by molar-refractivity contribution is 0.600. The standard InChI is InChI=1S/C56H46N4S/c1-5-16-36(17-6-1)42-25-15-26-43(42)39-28-30-44(46(34-39)56-58-54(37-18-7-2-8-19-37)57-55(59-56)38-20-9-3-10-21-38)40-29-32-50-47(35-40)53-51(61-50)33-31-49-52(53)45-24-13-14-27-48(45)60(49)41-22-11-4-12-23-41/h2,4-5,7-9,11,13-20,22,24-35,38,43-44,46H,1,3,6,10,12,21,23H2. The molecule has 4 aromatic carbocycles. The van der Waals surface area contributed by atoms with E-state index in [0.29, 0.717) is 0 Å². The molecule has 61 heavy (non-hydrogen) atoms. The summed E-state index contributed by atoms with van der Waals surface area (Å²) >= 11 is 1.90. The molecule has 0 saturated carbocycles. The van der Waals surface area contributed by atoms with E-state index in [2.05, 4.69) is 175 Å². The van der Waals surface area contributed by atoms with E-state index < -0.39 is 0 Å². The van der Waals surface area contributed by atoms with Crippen molar-refractivity contribution in [1.29, 1.82) is 0 Å². The number of para-hydroxylation sites is 1. The Hall–Kier alpha value is -6.43. The first-order valence-corrected chi connectivity index (χ1v) is 22.9. The number of allylic oxidation sites excluding steroid dienone is 18. The van der Waals surface area contributed by atoms with Crippen LogP contribution in [0.4, 0.5) is 0 Å². The van der Waals surface area contributed by atoms with Gasteiger partial charge in [-0.15, -0.1) is 11.3 Å². The number of benzene rings is 4. The predicted molar refractivity (Wildman–Crippen MR) is 256 cm³/mol. The molecule has 0 bridgehead atoms. The Morgan fingerprint density at radius 1 is 0.639 bits per heavy atom. The summed E-state index contributed by atoms with van der Waals surface area (Å²) < 4.78 is 5.15. The van der Waals surface area contributed by atoms with Gasteiger partial charge in [-0.25, -0.2) is 15.0 Å². The summed E-state index contributed by atoms with van der Waals surface area (Å²) in [6.45, 7) is 0. The lowest BCUT2D eigenvalue weighted by Crippen LogP contribution is -2.19. The molecule has 12 rings (SSSR count). The zero-order chi connectivity index (χ0) is 40.3. The molecule has 7 aromatic rings. The Kier molecular flexibility index (Phi) is 9.10. The fourth-order valence-electron chi connectivity index (χ4n) is 10.4. The van der Waals surface area contributed by atoms with Crippen LogP contribution in [0.5, 0.6) is 0 Å². The summed E-state index contributed by atoms with van der Waals surface area (Å²) in [4.78, 5) is 16.1. The molecule has 4 unspecified atom stereocenters. The van der Waals surface area contributed by atoms with Gasteiger partial charge in [0.1, 0.15) is 11.6 Å². The molecule has 5 aliphatic carbocycles. The highest BCUT2D eigenvalue weighted by Gasteiger charge is 2.32. The molecule has 0 spiro atoms. The van der Waals surface area contributed by atoms with E-state index in [4.69, 9.17) is 15.0 Å². The molecule has 4 nitrogen and oxygen atoms in total. The van der Waals surface area contributed by atoms with E-state index >= 15 is 0 Å². The summed E-state index contributed by atoms with van der Waals surface area (Å²) in [5.74, 6) is 2.75. The minimum absolute atomic E-state index is 0.0233. The van der Waals surface area contributed by atoms with Crippen LogP contribution in [-0.2, 0) is 0 Å². The van der Waals surface area contributed by atoms with Crippen molar-refractivity contribution in [3.8, 4) is 11.4 Å². The number of hydrogen-bond donors (Lipinski definition) is 0. The average Bonchev–Trinajstić information content (AvgIpc) is 4.07. The van der Waals surface area contributed by atoms with Crippen molar-refractivity contribution in [2.45, 2.75) is 62.7 Å². The third-order valence-corrected chi connectivity index (χ3v) is 14.5. The van der Waals surface area contributed by atoms with Crippen molar-refractivity contribution < 1.29 is 0 Å². The summed E-state index contributed by atoms with van der Waals surface area (Å²) in [7, 11) is 0. The molecular formula is C56H46N4S. The van der Waals surface area contributed by atoms with E-state index in [1.807, 2.05) is 11.3 Å². The number of rotatable bonds is 7. The van der Waals surface area contributed by atoms with Crippen molar-refractivity contribution in [2.75, 3.05) is 0 Å². The first-order valence-electron chi connectivity index (χ1n) is 22.1. The molecule has 3 aromatic heterocycles. The summed E-state index contributed by atoms with van der Waals surface area (Å²) in [5.41, 5.74) is 10.2. The molecule has 0 aliphatic heterocycles. The largest absolute Gasteiger partial charge is 0.313 e. The van der Waals surface area contributed by atoms with Crippen LogP contribution in [0.2, 0.25) is 0 Å². The first kappa shape index (κ1) is 36.4. The van der Waals surface area contributed by atoms with Crippen LogP contribution in [0.1, 0.15) is 79.9 Å². The van der Waals surface area contributed by atoms with Gasteiger partial charge < -0.3 is 4.57 Å². The highest BCUT2D eigenvalue weighted by molar-refractivity contribution is 7.26. The van der Waals surface area contributed by atoms with Gasteiger partial charge in [0.2, 0.25) is 0 Å². The van der Waals surface area contributed by atoms with Gasteiger partial charge in [-0.3, -0.25) is 0 Å². The second kappa shape index (κ2) is 15.2. The molecule has 296 valence electrons. The van der Waals surface area contributed by atoms with Crippen molar-refractivity contribution >= 4 is 59.0 Å². The Morgan fingerprint density at radius 2 is 1.54 bits per heavy atom. The molecule has 0 N–H and O–H groups in total. The maximum atomic E-state index is 5.46.